The van der Waals surface area contributed by atoms with Gasteiger partial charge in [-0.15, -0.1) is 0 Å². The van der Waals surface area contributed by atoms with Crippen LogP contribution in [-0.4, -0.2) is 40.5 Å². The average molecular weight is 266 g/mol. The van der Waals surface area contributed by atoms with Gasteiger partial charge in [0.05, 0.1) is 11.8 Å². The SMILES string of the molecule is NC1CC2CC(C1)N(C(=O)C1CCCC1C(=O)O)C2. The number of nitrogens with two attached hydrogens (primary N) is 1. The van der Waals surface area contributed by atoms with Crippen LogP contribution in [0.1, 0.15) is 38.5 Å². The summed E-state index contributed by atoms with van der Waals surface area (Å²) in [5, 5.41) is 9.21. The van der Waals surface area contributed by atoms with Crippen LogP contribution >= 0.6 is 0 Å². The number of carbonyl (C=O) groups excluding carboxylic acids is 1. The Hall–Kier alpha value is -1.10. The number of hydrogen-bond acceptors (Lipinski definition) is 3. The Morgan fingerprint density at radius 1 is 1.11 bits per heavy atom. The average Bonchev–Trinajstić information content (AvgIpc) is 2.93. The van der Waals surface area contributed by atoms with Crippen molar-refractivity contribution in [2.45, 2.75) is 50.6 Å². The van der Waals surface area contributed by atoms with Crippen LogP contribution in [0.15, 0.2) is 0 Å². The molecule has 2 aliphatic carbocycles. The third-order valence-electron chi connectivity index (χ3n) is 5.15. The van der Waals surface area contributed by atoms with Gasteiger partial charge in [-0.3, -0.25) is 9.59 Å². The van der Waals surface area contributed by atoms with Gasteiger partial charge >= 0.3 is 5.97 Å². The minimum Gasteiger partial charge on any atom is -0.481 e. The van der Waals surface area contributed by atoms with Crippen LogP contribution in [0.2, 0.25) is 0 Å². The van der Waals surface area contributed by atoms with Gasteiger partial charge in [0.15, 0.2) is 0 Å². The van der Waals surface area contributed by atoms with E-state index in [2.05, 4.69) is 0 Å². The fraction of sp³-hybridized carbons (Fsp3) is 0.857. The van der Waals surface area contributed by atoms with Crippen molar-refractivity contribution in [1.29, 1.82) is 0 Å². The molecule has 106 valence electrons. The van der Waals surface area contributed by atoms with E-state index in [1.807, 2.05) is 4.90 Å². The standard InChI is InChI=1S/C14H22N2O3/c15-9-4-8-5-10(6-9)16(7-8)13(17)11-2-1-3-12(11)14(18)19/h8-12H,1-7,15H2,(H,18,19). The molecule has 3 N–H and O–H groups in total. The highest BCUT2D eigenvalue weighted by Crippen LogP contribution is 2.39. The van der Waals surface area contributed by atoms with Gasteiger partial charge in [0, 0.05) is 18.6 Å². The molecule has 5 unspecified atom stereocenters. The molecule has 5 heteroatoms. The second-order valence-electron chi connectivity index (χ2n) is 6.46. The zero-order valence-corrected chi connectivity index (χ0v) is 11.1. The molecule has 0 aromatic carbocycles. The first-order chi connectivity index (χ1) is 9.06. The van der Waals surface area contributed by atoms with Crippen LogP contribution in [0.5, 0.6) is 0 Å². The topological polar surface area (TPSA) is 83.6 Å². The third kappa shape index (κ3) is 2.24. The summed E-state index contributed by atoms with van der Waals surface area (Å²) in [5.41, 5.74) is 6.01. The molecule has 0 aromatic heterocycles. The molecule has 1 amide bonds. The quantitative estimate of drug-likeness (QED) is 0.775. The smallest absolute Gasteiger partial charge is 0.307 e. The summed E-state index contributed by atoms with van der Waals surface area (Å²) in [6.07, 6.45) is 5.18. The maximum absolute atomic E-state index is 12.6. The van der Waals surface area contributed by atoms with Crippen molar-refractivity contribution in [1.82, 2.24) is 4.90 Å². The highest BCUT2D eigenvalue weighted by molar-refractivity contribution is 5.85. The fourth-order valence-corrected chi connectivity index (χ4v) is 4.32. The summed E-state index contributed by atoms with van der Waals surface area (Å²) >= 11 is 0. The molecule has 19 heavy (non-hydrogen) atoms. The highest BCUT2D eigenvalue weighted by atomic mass is 16.4. The van der Waals surface area contributed by atoms with Crippen molar-refractivity contribution in [3.05, 3.63) is 0 Å². The first kappa shape index (κ1) is 12.9. The van der Waals surface area contributed by atoms with Gasteiger partial charge in [-0.25, -0.2) is 0 Å². The Morgan fingerprint density at radius 2 is 1.84 bits per heavy atom. The van der Waals surface area contributed by atoms with E-state index in [1.165, 1.54) is 0 Å². The van der Waals surface area contributed by atoms with Gasteiger partial charge in [0.2, 0.25) is 5.91 Å². The van der Waals surface area contributed by atoms with E-state index in [9.17, 15) is 14.7 Å². The predicted octanol–water partition coefficient (Wildman–Crippen LogP) is 0.825. The molecule has 3 fully saturated rings. The van der Waals surface area contributed by atoms with Gasteiger partial charge in [-0.1, -0.05) is 6.42 Å². The van der Waals surface area contributed by atoms with Crippen molar-refractivity contribution in [3.8, 4) is 0 Å². The molecule has 1 aliphatic heterocycles. The molecule has 2 bridgehead atoms. The van der Waals surface area contributed by atoms with Crippen molar-refractivity contribution < 1.29 is 14.7 Å². The summed E-state index contributed by atoms with van der Waals surface area (Å²) in [7, 11) is 0. The Kier molecular flexibility index (Phi) is 3.25. The van der Waals surface area contributed by atoms with Crippen LogP contribution in [0.25, 0.3) is 0 Å². The lowest BCUT2D eigenvalue weighted by Gasteiger charge is -2.30. The minimum absolute atomic E-state index is 0.0755. The van der Waals surface area contributed by atoms with Crippen LogP contribution in [0.3, 0.4) is 0 Å². The molecule has 0 spiro atoms. The van der Waals surface area contributed by atoms with Crippen molar-refractivity contribution in [2.24, 2.45) is 23.5 Å². The van der Waals surface area contributed by atoms with Gasteiger partial charge in [0.1, 0.15) is 0 Å². The summed E-state index contributed by atoms with van der Waals surface area (Å²) < 4.78 is 0. The van der Waals surface area contributed by atoms with Gasteiger partial charge in [-0.2, -0.15) is 0 Å². The van der Waals surface area contributed by atoms with Crippen molar-refractivity contribution in [3.63, 3.8) is 0 Å². The van der Waals surface area contributed by atoms with E-state index in [0.717, 1.165) is 38.6 Å². The molecule has 0 aromatic rings. The van der Waals surface area contributed by atoms with E-state index in [-0.39, 0.29) is 23.9 Å². The maximum atomic E-state index is 12.6. The number of likely N-dealkylation sites (tertiary alicyclic amines) is 1. The largest absolute Gasteiger partial charge is 0.481 e. The Labute approximate surface area is 113 Å². The zero-order valence-electron chi connectivity index (χ0n) is 11.1. The first-order valence-electron chi connectivity index (χ1n) is 7.35. The van der Waals surface area contributed by atoms with E-state index in [1.54, 1.807) is 0 Å². The molecule has 3 aliphatic rings. The molecular formula is C14H22N2O3. The number of carboxylic acid groups (broad SMARTS) is 1. The van der Waals surface area contributed by atoms with Crippen molar-refractivity contribution >= 4 is 11.9 Å². The summed E-state index contributed by atoms with van der Waals surface area (Å²) in [6, 6.07) is 0.469. The van der Waals surface area contributed by atoms with E-state index >= 15 is 0 Å². The molecule has 1 heterocycles. The third-order valence-corrected chi connectivity index (χ3v) is 5.15. The molecule has 1 saturated heterocycles. The lowest BCUT2D eigenvalue weighted by Crippen LogP contribution is -2.43. The predicted molar refractivity (Wildman–Crippen MR) is 69.3 cm³/mol. The highest BCUT2D eigenvalue weighted by Gasteiger charge is 2.46. The number of rotatable bonds is 2. The normalized spacial score (nSPS) is 41.5. The van der Waals surface area contributed by atoms with Gasteiger partial charge < -0.3 is 15.7 Å². The van der Waals surface area contributed by atoms with Crippen LogP contribution in [0, 0.1) is 17.8 Å². The van der Waals surface area contributed by atoms with Crippen LogP contribution < -0.4 is 5.73 Å². The molecule has 5 atom stereocenters. The summed E-state index contributed by atoms with van der Waals surface area (Å²) in [5.74, 6) is -0.974. The molecular weight excluding hydrogens is 244 g/mol. The molecule has 3 rings (SSSR count). The monoisotopic (exact) mass is 266 g/mol. The van der Waals surface area contributed by atoms with E-state index in [4.69, 9.17) is 5.73 Å². The maximum Gasteiger partial charge on any atom is 0.307 e. The summed E-state index contributed by atoms with van der Waals surface area (Å²) in [4.78, 5) is 25.8. The lowest BCUT2D eigenvalue weighted by molar-refractivity contribution is -0.149. The number of fused-ring (bicyclic) bond motifs is 2. The number of aliphatic carboxylic acids is 1. The van der Waals surface area contributed by atoms with Crippen molar-refractivity contribution in [2.75, 3.05) is 6.54 Å². The fourth-order valence-electron chi connectivity index (χ4n) is 4.32. The van der Waals surface area contributed by atoms with Gasteiger partial charge in [0.25, 0.3) is 0 Å². The zero-order chi connectivity index (χ0) is 13.6. The Balaban J connectivity index is 1.72. The number of carbonyl (C=O) groups is 2. The Morgan fingerprint density at radius 3 is 2.58 bits per heavy atom. The van der Waals surface area contributed by atoms with Crippen LogP contribution in [-0.2, 0) is 9.59 Å². The molecule has 0 radical (unpaired) electrons. The van der Waals surface area contributed by atoms with E-state index < -0.39 is 11.9 Å². The second-order valence-corrected chi connectivity index (χ2v) is 6.46. The minimum atomic E-state index is -0.810. The Bertz CT molecular complexity index is 398. The number of carboxylic acids is 1. The number of hydrogen-bond donors (Lipinski definition) is 2. The summed E-state index contributed by atoms with van der Waals surface area (Å²) in [6.45, 7) is 0.792. The second kappa shape index (κ2) is 4.78. The number of amides is 1. The first-order valence-corrected chi connectivity index (χ1v) is 7.35. The molecule has 5 nitrogen and oxygen atoms in total. The lowest BCUT2D eigenvalue weighted by atomic mass is 9.87. The van der Waals surface area contributed by atoms with Crippen LogP contribution in [0.4, 0.5) is 0 Å². The van der Waals surface area contributed by atoms with E-state index in [0.29, 0.717) is 12.3 Å². The molecule has 2 saturated carbocycles. The number of nitrogens with zero attached hydrogens (tertiary/aromatic N) is 1. The van der Waals surface area contributed by atoms with Gasteiger partial charge in [-0.05, 0) is 38.0 Å².